The molecule has 20 heavy (non-hydrogen) atoms. The van der Waals surface area contributed by atoms with Crippen molar-refractivity contribution in [1.82, 2.24) is 10.6 Å². The monoisotopic (exact) mass is 282 g/mol. The van der Waals surface area contributed by atoms with Crippen LogP contribution in [0.1, 0.15) is 58.3 Å². The molecule has 2 aliphatic rings. The summed E-state index contributed by atoms with van der Waals surface area (Å²) in [4.78, 5) is 23.9. The number of ether oxygens (including phenoxy) is 1. The minimum absolute atomic E-state index is 0.0402. The Kier molecular flexibility index (Phi) is 5.40. The summed E-state index contributed by atoms with van der Waals surface area (Å²) in [5.74, 6) is -0.169. The van der Waals surface area contributed by atoms with Gasteiger partial charge >= 0.3 is 0 Å². The van der Waals surface area contributed by atoms with Gasteiger partial charge in [-0.25, -0.2) is 0 Å². The Labute approximate surface area is 120 Å². The predicted octanol–water partition coefficient (Wildman–Crippen LogP) is 1.51. The van der Waals surface area contributed by atoms with E-state index in [-0.39, 0.29) is 17.9 Å². The van der Waals surface area contributed by atoms with Gasteiger partial charge in [0.25, 0.3) is 0 Å². The van der Waals surface area contributed by atoms with Crippen LogP contribution in [0, 0.1) is 0 Å². The second kappa shape index (κ2) is 7.07. The van der Waals surface area contributed by atoms with Crippen molar-refractivity contribution in [3.05, 3.63) is 0 Å². The first-order chi connectivity index (χ1) is 9.62. The van der Waals surface area contributed by atoms with E-state index >= 15 is 0 Å². The van der Waals surface area contributed by atoms with Crippen molar-refractivity contribution in [3.63, 3.8) is 0 Å². The van der Waals surface area contributed by atoms with Crippen molar-refractivity contribution in [2.24, 2.45) is 0 Å². The van der Waals surface area contributed by atoms with Crippen molar-refractivity contribution >= 4 is 11.8 Å². The molecule has 1 atom stereocenters. The van der Waals surface area contributed by atoms with Crippen LogP contribution in [0.2, 0.25) is 0 Å². The zero-order valence-electron chi connectivity index (χ0n) is 12.4. The van der Waals surface area contributed by atoms with Crippen LogP contribution in [-0.4, -0.2) is 36.6 Å². The van der Waals surface area contributed by atoms with Crippen molar-refractivity contribution in [1.29, 1.82) is 0 Å². The second-order valence-electron chi connectivity index (χ2n) is 6.02. The normalized spacial score (nSPS) is 25.8. The maximum atomic E-state index is 12.5. The van der Waals surface area contributed by atoms with Gasteiger partial charge in [-0.3, -0.25) is 9.59 Å². The van der Waals surface area contributed by atoms with Gasteiger partial charge in [0.1, 0.15) is 5.54 Å². The summed E-state index contributed by atoms with van der Waals surface area (Å²) < 4.78 is 5.63. The van der Waals surface area contributed by atoms with Gasteiger partial charge in [-0.05, 0) is 32.1 Å². The van der Waals surface area contributed by atoms with Gasteiger partial charge in [0, 0.05) is 20.1 Å². The zero-order chi connectivity index (χ0) is 14.4. The summed E-state index contributed by atoms with van der Waals surface area (Å²) in [5, 5.41) is 5.88. The molecule has 0 aromatic rings. The molecule has 1 aliphatic heterocycles. The predicted molar refractivity (Wildman–Crippen MR) is 76.2 cm³/mol. The molecular weight excluding hydrogens is 256 g/mol. The van der Waals surface area contributed by atoms with E-state index in [0.29, 0.717) is 6.54 Å². The zero-order valence-corrected chi connectivity index (χ0v) is 12.4. The van der Waals surface area contributed by atoms with Gasteiger partial charge in [0.15, 0.2) is 0 Å². The summed E-state index contributed by atoms with van der Waals surface area (Å²) in [6.07, 6.45) is 8.02. The third-order valence-corrected chi connectivity index (χ3v) is 4.32. The maximum absolute atomic E-state index is 12.5. The second-order valence-corrected chi connectivity index (χ2v) is 6.02. The molecule has 0 aromatic carbocycles. The van der Waals surface area contributed by atoms with E-state index in [1.54, 1.807) is 0 Å². The average Bonchev–Trinajstić information content (AvgIpc) is 2.46. The Hall–Kier alpha value is -1.10. The standard InChI is InChI=1S/C15H26N2O3/c1-12(18)17-15(8-4-2-5-9-15)14(19)16-11-13-7-3-6-10-20-13/h13H,2-11H2,1H3,(H,16,19)(H,17,18). The molecule has 1 heterocycles. The van der Waals surface area contributed by atoms with Crippen LogP contribution >= 0.6 is 0 Å². The first kappa shape index (κ1) is 15.3. The summed E-state index contributed by atoms with van der Waals surface area (Å²) in [6.45, 7) is 2.82. The number of amides is 2. The SMILES string of the molecule is CC(=O)NC1(C(=O)NCC2CCCCO2)CCCCC1. The van der Waals surface area contributed by atoms with Crippen LogP contribution in [0.25, 0.3) is 0 Å². The molecule has 1 saturated carbocycles. The van der Waals surface area contributed by atoms with E-state index in [1.165, 1.54) is 6.92 Å². The minimum Gasteiger partial charge on any atom is -0.376 e. The van der Waals surface area contributed by atoms with E-state index < -0.39 is 5.54 Å². The lowest BCUT2D eigenvalue weighted by atomic mass is 9.80. The van der Waals surface area contributed by atoms with Crippen molar-refractivity contribution in [2.75, 3.05) is 13.2 Å². The molecule has 114 valence electrons. The molecule has 2 amide bonds. The topological polar surface area (TPSA) is 67.4 Å². The van der Waals surface area contributed by atoms with Crippen molar-refractivity contribution in [3.8, 4) is 0 Å². The Bertz CT molecular complexity index is 345. The number of rotatable bonds is 4. The van der Waals surface area contributed by atoms with Crippen molar-refractivity contribution in [2.45, 2.75) is 69.9 Å². The number of nitrogens with one attached hydrogen (secondary N) is 2. The Balaban J connectivity index is 1.90. The fourth-order valence-corrected chi connectivity index (χ4v) is 3.25. The number of carbonyl (C=O) groups is 2. The van der Waals surface area contributed by atoms with E-state index in [0.717, 1.165) is 58.0 Å². The largest absolute Gasteiger partial charge is 0.376 e. The smallest absolute Gasteiger partial charge is 0.245 e. The van der Waals surface area contributed by atoms with Gasteiger partial charge in [-0.15, -0.1) is 0 Å². The van der Waals surface area contributed by atoms with Crippen LogP contribution in [0.15, 0.2) is 0 Å². The maximum Gasteiger partial charge on any atom is 0.245 e. The lowest BCUT2D eigenvalue weighted by molar-refractivity contribution is -0.135. The lowest BCUT2D eigenvalue weighted by Crippen LogP contribution is -2.60. The molecule has 0 radical (unpaired) electrons. The van der Waals surface area contributed by atoms with Crippen molar-refractivity contribution < 1.29 is 14.3 Å². The molecule has 5 nitrogen and oxygen atoms in total. The quantitative estimate of drug-likeness (QED) is 0.821. The summed E-state index contributed by atoms with van der Waals surface area (Å²) in [7, 11) is 0. The van der Waals surface area contributed by atoms with Crippen LogP contribution in [0.5, 0.6) is 0 Å². The fourth-order valence-electron chi connectivity index (χ4n) is 3.25. The number of carbonyl (C=O) groups excluding carboxylic acids is 2. The summed E-state index contributed by atoms with van der Waals surface area (Å²) >= 11 is 0. The first-order valence-corrected chi connectivity index (χ1v) is 7.81. The van der Waals surface area contributed by atoms with Gasteiger partial charge in [-0.2, -0.15) is 0 Å². The van der Waals surface area contributed by atoms with E-state index in [4.69, 9.17) is 4.74 Å². The lowest BCUT2D eigenvalue weighted by Gasteiger charge is -2.36. The van der Waals surface area contributed by atoms with Crippen LogP contribution in [-0.2, 0) is 14.3 Å². The molecule has 5 heteroatoms. The minimum atomic E-state index is -0.696. The third-order valence-electron chi connectivity index (χ3n) is 4.32. The highest BCUT2D eigenvalue weighted by Crippen LogP contribution is 2.28. The number of hydrogen-bond donors (Lipinski definition) is 2. The van der Waals surface area contributed by atoms with Crippen LogP contribution < -0.4 is 10.6 Å². The molecule has 0 bridgehead atoms. The highest BCUT2D eigenvalue weighted by atomic mass is 16.5. The molecule has 2 rings (SSSR count). The third kappa shape index (κ3) is 3.95. The highest BCUT2D eigenvalue weighted by molar-refractivity contribution is 5.91. The van der Waals surface area contributed by atoms with E-state index in [1.807, 2.05) is 0 Å². The molecular formula is C15H26N2O3. The Morgan fingerprint density at radius 2 is 1.90 bits per heavy atom. The van der Waals surface area contributed by atoms with Gasteiger partial charge in [0.05, 0.1) is 6.10 Å². The summed E-state index contributed by atoms with van der Waals surface area (Å²) in [6, 6.07) is 0. The van der Waals surface area contributed by atoms with Gasteiger partial charge in [0.2, 0.25) is 11.8 Å². The molecule has 2 N–H and O–H groups in total. The first-order valence-electron chi connectivity index (χ1n) is 7.81. The summed E-state index contributed by atoms with van der Waals surface area (Å²) in [5.41, 5.74) is -0.696. The van der Waals surface area contributed by atoms with Crippen LogP contribution in [0.4, 0.5) is 0 Å². The molecule has 1 unspecified atom stereocenters. The Morgan fingerprint density at radius 1 is 1.15 bits per heavy atom. The highest BCUT2D eigenvalue weighted by Gasteiger charge is 2.40. The van der Waals surface area contributed by atoms with Gasteiger partial charge < -0.3 is 15.4 Å². The fraction of sp³-hybridized carbons (Fsp3) is 0.867. The van der Waals surface area contributed by atoms with E-state index in [9.17, 15) is 9.59 Å². The molecule has 2 fully saturated rings. The van der Waals surface area contributed by atoms with E-state index in [2.05, 4.69) is 10.6 Å². The average molecular weight is 282 g/mol. The van der Waals surface area contributed by atoms with Gasteiger partial charge in [-0.1, -0.05) is 19.3 Å². The molecule has 0 spiro atoms. The molecule has 1 saturated heterocycles. The molecule has 1 aliphatic carbocycles. The number of hydrogen-bond acceptors (Lipinski definition) is 3. The van der Waals surface area contributed by atoms with Crippen LogP contribution in [0.3, 0.4) is 0 Å². The molecule has 0 aromatic heterocycles. The Morgan fingerprint density at radius 3 is 2.50 bits per heavy atom.